The van der Waals surface area contributed by atoms with Crippen molar-refractivity contribution in [2.45, 2.75) is 26.2 Å². The number of nitrogens with zero attached hydrogens (tertiary/aromatic N) is 2. The van der Waals surface area contributed by atoms with Gasteiger partial charge in [-0.2, -0.15) is 0 Å². The van der Waals surface area contributed by atoms with Crippen LogP contribution in [0.1, 0.15) is 29.0 Å². The van der Waals surface area contributed by atoms with Gasteiger partial charge < -0.3 is 10.6 Å². The number of carbonyl (C=O) groups excluding carboxylic acids is 2. The first-order chi connectivity index (χ1) is 12.2. The summed E-state index contributed by atoms with van der Waals surface area (Å²) in [4.78, 5) is 49.6. The highest BCUT2D eigenvalue weighted by atomic mass is 16.2. The maximum absolute atomic E-state index is 12.8. The minimum Gasteiger partial charge on any atom is -0.325 e. The van der Waals surface area contributed by atoms with Crippen molar-refractivity contribution in [3.05, 3.63) is 55.7 Å². The average Bonchev–Trinajstić information content (AvgIpc) is 2.59. The lowest BCUT2D eigenvalue weighted by Gasteiger charge is -2.26. The highest BCUT2D eigenvalue weighted by molar-refractivity contribution is 6.04. The molecule has 1 aromatic carbocycles. The van der Waals surface area contributed by atoms with E-state index in [2.05, 4.69) is 10.6 Å². The van der Waals surface area contributed by atoms with E-state index in [-0.39, 0.29) is 17.8 Å². The van der Waals surface area contributed by atoms with Crippen LogP contribution in [0.4, 0.5) is 11.5 Å². The zero-order valence-corrected chi connectivity index (χ0v) is 15.0. The molecule has 1 aromatic heterocycles. The number of hydrogen-bond acceptors (Lipinski definition) is 4. The first-order valence-electron chi connectivity index (χ1n) is 8.18. The van der Waals surface area contributed by atoms with E-state index in [1.807, 2.05) is 26.0 Å². The summed E-state index contributed by atoms with van der Waals surface area (Å²) < 4.78 is 2.11. The smallest absolute Gasteiger partial charge is 0.325 e. The molecule has 3 rings (SSSR count). The van der Waals surface area contributed by atoms with Crippen LogP contribution in [-0.4, -0.2) is 20.9 Å². The van der Waals surface area contributed by atoms with Gasteiger partial charge in [-0.15, -0.1) is 0 Å². The van der Waals surface area contributed by atoms with Gasteiger partial charge in [0.15, 0.2) is 0 Å². The van der Waals surface area contributed by atoms with E-state index in [1.165, 1.54) is 18.7 Å². The van der Waals surface area contributed by atoms with E-state index in [0.29, 0.717) is 5.69 Å². The molecule has 2 N–H and O–H groups in total. The third kappa shape index (κ3) is 2.83. The standard InChI is InChI=1S/C18H20N4O4/c1-9-5-6-12(10(2)7-9)19-16(24)11-8-13(23)20-15-14(11)17(25)22(4)18(26)21(15)3/h5-7,11H,8H2,1-4H3,(H,19,24)(H,20,23). The Hall–Kier alpha value is -3.16. The zero-order valence-electron chi connectivity index (χ0n) is 15.0. The third-order valence-electron chi connectivity index (χ3n) is 4.65. The van der Waals surface area contributed by atoms with Crippen molar-refractivity contribution in [1.29, 1.82) is 0 Å². The molecule has 1 aliphatic heterocycles. The van der Waals surface area contributed by atoms with Crippen molar-refractivity contribution in [2.24, 2.45) is 14.1 Å². The van der Waals surface area contributed by atoms with Gasteiger partial charge in [-0.1, -0.05) is 17.7 Å². The van der Waals surface area contributed by atoms with E-state index >= 15 is 0 Å². The van der Waals surface area contributed by atoms with Gasteiger partial charge in [0.05, 0.1) is 11.5 Å². The van der Waals surface area contributed by atoms with E-state index in [1.54, 1.807) is 6.07 Å². The van der Waals surface area contributed by atoms with Crippen LogP contribution in [0.25, 0.3) is 0 Å². The molecule has 136 valence electrons. The van der Waals surface area contributed by atoms with E-state index in [4.69, 9.17) is 0 Å². The van der Waals surface area contributed by atoms with Crippen LogP contribution in [0.5, 0.6) is 0 Å². The first-order valence-corrected chi connectivity index (χ1v) is 8.18. The molecule has 0 aliphatic carbocycles. The molecule has 26 heavy (non-hydrogen) atoms. The normalized spacial score (nSPS) is 16.0. The summed E-state index contributed by atoms with van der Waals surface area (Å²) in [6, 6.07) is 5.58. The van der Waals surface area contributed by atoms with Gasteiger partial charge in [0.25, 0.3) is 5.56 Å². The molecule has 0 radical (unpaired) electrons. The highest BCUT2D eigenvalue weighted by Crippen LogP contribution is 2.30. The number of carbonyl (C=O) groups is 2. The second-order valence-corrected chi connectivity index (χ2v) is 6.58. The average molecular weight is 356 g/mol. The largest absolute Gasteiger partial charge is 0.332 e. The summed E-state index contributed by atoms with van der Waals surface area (Å²) in [5, 5.41) is 5.33. The maximum atomic E-state index is 12.8. The Kier molecular flexibility index (Phi) is 4.27. The minimum absolute atomic E-state index is 0.0788. The molecule has 2 heterocycles. The number of nitrogens with one attached hydrogen (secondary N) is 2. The fourth-order valence-corrected chi connectivity index (χ4v) is 3.20. The Bertz CT molecular complexity index is 1050. The number of amides is 2. The quantitative estimate of drug-likeness (QED) is 0.829. The molecule has 0 saturated heterocycles. The van der Waals surface area contributed by atoms with Gasteiger partial charge >= 0.3 is 5.69 Å². The van der Waals surface area contributed by atoms with Crippen LogP contribution >= 0.6 is 0 Å². The lowest BCUT2D eigenvalue weighted by molar-refractivity contribution is -0.123. The summed E-state index contributed by atoms with van der Waals surface area (Å²) in [7, 11) is 2.80. The number of aromatic nitrogens is 2. The monoisotopic (exact) mass is 356 g/mol. The SMILES string of the molecule is Cc1ccc(NC(=O)C2CC(=O)Nc3c2c(=O)n(C)c(=O)n3C)c(C)c1. The molecule has 0 bridgehead atoms. The van der Waals surface area contributed by atoms with Crippen molar-refractivity contribution < 1.29 is 9.59 Å². The minimum atomic E-state index is -0.968. The van der Waals surface area contributed by atoms with Gasteiger partial charge in [0.1, 0.15) is 5.82 Å². The molecule has 2 aromatic rings. The van der Waals surface area contributed by atoms with Gasteiger partial charge in [-0.3, -0.25) is 23.5 Å². The van der Waals surface area contributed by atoms with Crippen LogP contribution in [0.2, 0.25) is 0 Å². The second kappa shape index (κ2) is 6.29. The number of benzene rings is 1. The highest BCUT2D eigenvalue weighted by Gasteiger charge is 2.35. The third-order valence-corrected chi connectivity index (χ3v) is 4.65. The molecule has 1 unspecified atom stereocenters. The summed E-state index contributed by atoms with van der Waals surface area (Å²) in [5.74, 6) is -1.76. The maximum Gasteiger partial charge on any atom is 0.332 e. The fraction of sp³-hybridized carbons (Fsp3) is 0.333. The Morgan fingerprint density at radius 3 is 2.50 bits per heavy atom. The van der Waals surface area contributed by atoms with E-state index in [9.17, 15) is 19.2 Å². The van der Waals surface area contributed by atoms with Crippen LogP contribution in [-0.2, 0) is 23.7 Å². The molecule has 2 amide bonds. The van der Waals surface area contributed by atoms with Crippen LogP contribution in [0.3, 0.4) is 0 Å². The lowest BCUT2D eigenvalue weighted by atomic mass is 9.92. The zero-order chi connectivity index (χ0) is 19.2. The number of hydrogen-bond donors (Lipinski definition) is 2. The molecular weight excluding hydrogens is 336 g/mol. The molecular formula is C18H20N4O4. The summed E-state index contributed by atoms with van der Waals surface area (Å²) in [6.45, 7) is 3.82. The molecule has 8 heteroatoms. The van der Waals surface area contributed by atoms with Gasteiger partial charge in [-0.25, -0.2) is 4.79 Å². The Labute approximate surface area is 149 Å². The van der Waals surface area contributed by atoms with Crippen molar-refractivity contribution in [1.82, 2.24) is 9.13 Å². The fourth-order valence-electron chi connectivity index (χ4n) is 3.20. The first kappa shape index (κ1) is 17.7. The van der Waals surface area contributed by atoms with Crippen molar-refractivity contribution in [3.63, 3.8) is 0 Å². The van der Waals surface area contributed by atoms with Gasteiger partial charge in [-0.05, 0) is 25.5 Å². The number of aryl methyl sites for hydroxylation is 2. The molecule has 0 fully saturated rings. The molecule has 8 nitrogen and oxygen atoms in total. The Morgan fingerprint density at radius 2 is 1.85 bits per heavy atom. The lowest BCUT2D eigenvalue weighted by Crippen LogP contribution is -2.45. The predicted octanol–water partition coefficient (Wildman–Crippen LogP) is 0.765. The molecule has 1 aliphatic rings. The topological polar surface area (TPSA) is 102 Å². The number of rotatable bonds is 2. The van der Waals surface area contributed by atoms with E-state index in [0.717, 1.165) is 15.7 Å². The van der Waals surface area contributed by atoms with E-state index < -0.39 is 29.0 Å². The Balaban J connectivity index is 2.07. The number of anilines is 2. The predicted molar refractivity (Wildman–Crippen MR) is 97.5 cm³/mol. The van der Waals surface area contributed by atoms with Gasteiger partial charge in [0.2, 0.25) is 11.8 Å². The van der Waals surface area contributed by atoms with Gasteiger partial charge in [0, 0.05) is 26.2 Å². The Morgan fingerprint density at radius 1 is 1.15 bits per heavy atom. The molecule has 0 saturated carbocycles. The van der Waals surface area contributed by atoms with Crippen molar-refractivity contribution >= 4 is 23.3 Å². The summed E-state index contributed by atoms with van der Waals surface area (Å²) in [5.41, 5.74) is 1.54. The van der Waals surface area contributed by atoms with Crippen LogP contribution < -0.4 is 21.9 Å². The summed E-state index contributed by atoms with van der Waals surface area (Å²) in [6.07, 6.45) is -0.156. The van der Waals surface area contributed by atoms with Crippen molar-refractivity contribution in [3.8, 4) is 0 Å². The molecule has 1 atom stereocenters. The second-order valence-electron chi connectivity index (χ2n) is 6.58. The molecule has 0 spiro atoms. The number of fused-ring (bicyclic) bond motifs is 1. The van der Waals surface area contributed by atoms with Crippen molar-refractivity contribution in [2.75, 3.05) is 10.6 Å². The van der Waals surface area contributed by atoms with Crippen LogP contribution in [0.15, 0.2) is 27.8 Å². The summed E-state index contributed by atoms with van der Waals surface area (Å²) >= 11 is 0. The van der Waals surface area contributed by atoms with Crippen LogP contribution in [0, 0.1) is 13.8 Å².